The molecule has 2 aliphatic heterocycles. The summed E-state index contributed by atoms with van der Waals surface area (Å²) >= 11 is 6.02. The zero-order chi connectivity index (χ0) is 26.9. The van der Waals surface area contributed by atoms with Crippen LogP contribution in [-0.2, 0) is 9.59 Å². The Morgan fingerprint density at radius 2 is 1.79 bits per heavy atom. The fourth-order valence-electron chi connectivity index (χ4n) is 4.50. The summed E-state index contributed by atoms with van der Waals surface area (Å²) in [7, 11) is 1.72. The summed E-state index contributed by atoms with van der Waals surface area (Å²) in [5.41, 5.74) is 0.877. The number of hydrogen-bond donors (Lipinski definition) is 1. The van der Waals surface area contributed by atoms with Crippen LogP contribution >= 0.6 is 11.6 Å². The number of ether oxygens (including phenoxy) is 1. The van der Waals surface area contributed by atoms with E-state index in [9.17, 15) is 14.9 Å². The number of nitrogens with one attached hydrogen (secondary N) is 1. The van der Waals surface area contributed by atoms with Gasteiger partial charge >= 0.3 is 0 Å². The lowest BCUT2D eigenvalue weighted by Gasteiger charge is -2.32. The number of anilines is 1. The summed E-state index contributed by atoms with van der Waals surface area (Å²) in [4.78, 5) is 30.3. The van der Waals surface area contributed by atoms with Crippen molar-refractivity contribution >= 4 is 29.1 Å². The molecule has 0 atom stereocenters. The van der Waals surface area contributed by atoms with E-state index < -0.39 is 0 Å². The molecule has 200 valence electrons. The molecule has 0 spiro atoms. The second kappa shape index (κ2) is 13.3. The number of likely N-dealkylation sites (tertiary alicyclic amines) is 1. The number of benzene rings is 2. The van der Waals surface area contributed by atoms with Crippen molar-refractivity contribution in [3.63, 3.8) is 0 Å². The molecule has 0 unspecified atom stereocenters. The monoisotopic (exact) mass is 536 g/mol. The van der Waals surface area contributed by atoms with E-state index in [0.29, 0.717) is 47.4 Å². The van der Waals surface area contributed by atoms with Crippen molar-refractivity contribution in [1.82, 2.24) is 20.2 Å². The Balaban J connectivity index is 1.55. The van der Waals surface area contributed by atoms with Gasteiger partial charge in [0.2, 0.25) is 5.91 Å². The van der Waals surface area contributed by atoms with Gasteiger partial charge in [0.05, 0.1) is 30.4 Å². The van der Waals surface area contributed by atoms with Gasteiger partial charge in [-0.05, 0) is 68.4 Å². The fraction of sp³-hybridized carbons (Fsp3) is 0.393. The van der Waals surface area contributed by atoms with Gasteiger partial charge in [0.1, 0.15) is 5.75 Å². The third kappa shape index (κ3) is 7.48. The summed E-state index contributed by atoms with van der Waals surface area (Å²) in [5.74, 6) is 0.581. The van der Waals surface area contributed by atoms with Gasteiger partial charge in [0, 0.05) is 38.2 Å². The van der Waals surface area contributed by atoms with Crippen molar-refractivity contribution in [2.45, 2.75) is 12.8 Å². The van der Waals surface area contributed by atoms with Crippen LogP contribution in [0.3, 0.4) is 0 Å². The molecule has 2 amide bonds. The summed E-state index contributed by atoms with van der Waals surface area (Å²) < 4.78 is 6.12. The number of likely N-dealkylation sites (N-methyl/N-ethyl adjacent to an activating group) is 1. The smallest absolute Gasteiger partial charge is 0.256 e. The van der Waals surface area contributed by atoms with Crippen LogP contribution in [0, 0.1) is 11.3 Å². The van der Waals surface area contributed by atoms with E-state index in [1.54, 1.807) is 59.4 Å². The molecule has 2 aromatic rings. The largest absolute Gasteiger partial charge is 0.455 e. The number of carbonyl (C=O) groups is 2. The van der Waals surface area contributed by atoms with E-state index in [0.717, 1.165) is 19.6 Å². The first kappa shape index (κ1) is 27.5. The number of hydrazine groups is 1. The van der Waals surface area contributed by atoms with Gasteiger partial charge in [-0.25, -0.2) is 5.01 Å². The fourth-order valence-corrected chi connectivity index (χ4v) is 4.63. The molecule has 0 aliphatic carbocycles. The minimum atomic E-state index is -0.206. The minimum absolute atomic E-state index is 0.0658. The third-order valence-electron chi connectivity index (χ3n) is 6.66. The molecule has 0 aromatic heterocycles. The lowest BCUT2D eigenvalue weighted by Crippen LogP contribution is -2.49. The van der Waals surface area contributed by atoms with Crippen molar-refractivity contribution in [2.75, 3.05) is 64.3 Å². The highest BCUT2D eigenvalue weighted by Gasteiger charge is 2.25. The van der Waals surface area contributed by atoms with E-state index in [4.69, 9.17) is 16.3 Å². The molecule has 10 heteroatoms. The SMILES string of the molecule is CN(C(=O)CN(CC(=O)NCCN1CCCC1)c1cc(C#N)ccc1Oc1ccc(Cl)cc1)N1CC=CC1. The molecule has 4 rings (SSSR count). The van der Waals surface area contributed by atoms with Crippen molar-refractivity contribution < 1.29 is 14.3 Å². The first-order valence-corrected chi connectivity index (χ1v) is 13.2. The number of carbonyl (C=O) groups excluding carboxylic acids is 2. The van der Waals surface area contributed by atoms with Crippen LogP contribution < -0.4 is 15.0 Å². The zero-order valence-corrected chi connectivity index (χ0v) is 22.4. The normalized spacial score (nSPS) is 15.3. The van der Waals surface area contributed by atoms with Crippen molar-refractivity contribution in [1.29, 1.82) is 5.26 Å². The minimum Gasteiger partial charge on any atom is -0.455 e. The maximum atomic E-state index is 13.3. The van der Waals surface area contributed by atoms with Gasteiger partial charge in [0.25, 0.3) is 5.91 Å². The van der Waals surface area contributed by atoms with Crippen molar-refractivity contribution in [2.24, 2.45) is 0 Å². The Kier molecular flexibility index (Phi) is 9.60. The molecular formula is C28H33ClN6O3. The molecule has 1 saturated heterocycles. The van der Waals surface area contributed by atoms with Crippen molar-refractivity contribution in [3.8, 4) is 17.6 Å². The predicted octanol–water partition coefficient (Wildman–Crippen LogP) is 3.27. The van der Waals surface area contributed by atoms with Crippen LogP contribution in [0.15, 0.2) is 54.6 Å². The first-order chi connectivity index (χ1) is 18.4. The highest BCUT2D eigenvalue weighted by molar-refractivity contribution is 6.30. The summed E-state index contributed by atoms with van der Waals surface area (Å²) in [6, 6.07) is 14.0. The number of hydrogen-bond acceptors (Lipinski definition) is 7. The van der Waals surface area contributed by atoms with Gasteiger partial charge in [-0.15, -0.1) is 0 Å². The van der Waals surface area contributed by atoms with Crippen LogP contribution in [0.1, 0.15) is 18.4 Å². The van der Waals surface area contributed by atoms with Gasteiger partial charge in [0.15, 0.2) is 5.75 Å². The number of halogens is 1. The quantitative estimate of drug-likeness (QED) is 0.441. The van der Waals surface area contributed by atoms with Crippen LogP contribution in [0.2, 0.25) is 5.02 Å². The second-order valence-electron chi connectivity index (χ2n) is 9.37. The first-order valence-electron chi connectivity index (χ1n) is 12.8. The number of amides is 2. The van der Waals surface area contributed by atoms with Crippen molar-refractivity contribution in [3.05, 3.63) is 65.2 Å². The second-order valence-corrected chi connectivity index (χ2v) is 9.80. The summed E-state index contributed by atoms with van der Waals surface area (Å²) in [5, 5.41) is 16.6. The summed E-state index contributed by atoms with van der Waals surface area (Å²) in [6.07, 6.45) is 6.39. The Morgan fingerprint density at radius 1 is 1.08 bits per heavy atom. The molecule has 2 aromatic carbocycles. The van der Waals surface area contributed by atoms with Gasteiger partial charge < -0.3 is 19.9 Å². The molecule has 0 bridgehead atoms. The average Bonchev–Trinajstić information content (AvgIpc) is 3.64. The molecule has 0 radical (unpaired) electrons. The Hall–Kier alpha value is -3.58. The van der Waals surface area contributed by atoms with E-state index in [-0.39, 0.29) is 24.9 Å². The maximum absolute atomic E-state index is 13.3. The summed E-state index contributed by atoms with van der Waals surface area (Å²) in [6.45, 7) is 4.60. The van der Waals surface area contributed by atoms with E-state index >= 15 is 0 Å². The highest BCUT2D eigenvalue weighted by atomic mass is 35.5. The Morgan fingerprint density at radius 3 is 2.47 bits per heavy atom. The Bertz CT molecular complexity index is 1180. The predicted molar refractivity (Wildman–Crippen MR) is 147 cm³/mol. The number of rotatable bonds is 11. The third-order valence-corrected chi connectivity index (χ3v) is 6.92. The van der Waals surface area contributed by atoms with Gasteiger partial charge in [-0.1, -0.05) is 23.8 Å². The number of nitrogens with zero attached hydrogens (tertiary/aromatic N) is 5. The lowest BCUT2D eigenvalue weighted by molar-refractivity contribution is -0.141. The average molecular weight is 537 g/mol. The molecular weight excluding hydrogens is 504 g/mol. The number of nitriles is 1. The Labute approximate surface area is 228 Å². The lowest BCUT2D eigenvalue weighted by atomic mass is 10.1. The van der Waals surface area contributed by atoms with Crippen LogP contribution in [0.5, 0.6) is 11.5 Å². The maximum Gasteiger partial charge on any atom is 0.256 e. The molecule has 0 saturated carbocycles. The van der Waals surface area contributed by atoms with E-state index in [1.165, 1.54) is 12.8 Å². The molecule has 38 heavy (non-hydrogen) atoms. The molecule has 9 nitrogen and oxygen atoms in total. The zero-order valence-electron chi connectivity index (χ0n) is 21.6. The van der Waals surface area contributed by atoms with Gasteiger partial charge in [-0.3, -0.25) is 14.6 Å². The standard InChI is InChI=1S/C28H33ClN6O3/c1-32(35-15-4-5-16-35)28(37)21-34(20-27(36)31-12-17-33-13-2-3-14-33)25-18-22(19-30)6-11-26(25)38-24-9-7-23(29)8-10-24/h4-11,18H,2-3,12-17,20-21H2,1H3,(H,31,36). The van der Waals surface area contributed by atoms with Gasteiger partial charge in [-0.2, -0.15) is 5.26 Å². The molecule has 2 heterocycles. The molecule has 1 N–H and O–H groups in total. The van der Waals surface area contributed by atoms with E-state index in [2.05, 4.69) is 16.3 Å². The molecule has 1 fully saturated rings. The van der Waals surface area contributed by atoms with Crippen LogP contribution in [0.4, 0.5) is 5.69 Å². The molecule has 2 aliphatic rings. The van der Waals surface area contributed by atoms with E-state index in [1.807, 2.05) is 17.2 Å². The topological polar surface area (TPSA) is 92.2 Å². The van der Waals surface area contributed by atoms with Crippen LogP contribution in [-0.4, -0.2) is 86.1 Å². The highest BCUT2D eigenvalue weighted by Crippen LogP contribution is 2.34. The van der Waals surface area contributed by atoms with Crippen LogP contribution in [0.25, 0.3) is 0 Å².